The average Bonchev–Trinajstić information content (AvgIpc) is 2.13. The van der Waals surface area contributed by atoms with Gasteiger partial charge in [0.15, 0.2) is 0 Å². The standard InChI is InChI=1S/C12H22O2/c1-5-7-11(8-6-2)12(9-13)14-10(3)4/h5,7-8,10,12-13H,6,9H2,1-4H3/b7-5-,11-8+. The Bertz CT molecular complexity index is 192. The van der Waals surface area contributed by atoms with Gasteiger partial charge in [-0.25, -0.2) is 0 Å². The fourth-order valence-electron chi connectivity index (χ4n) is 1.29. The number of hydrogen-bond acceptors (Lipinski definition) is 2. The van der Waals surface area contributed by atoms with Crippen LogP contribution in [0.4, 0.5) is 0 Å². The van der Waals surface area contributed by atoms with Crippen LogP contribution in [0.2, 0.25) is 0 Å². The number of aliphatic hydroxyl groups is 1. The van der Waals surface area contributed by atoms with Gasteiger partial charge in [-0.1, -0.05) is 25.2 Å². The Morgan fingerprint density at radius 1 is 1.43 bits per heavy atom. The summed E-state index contributed by atoms with van der Waals surface area (Å²) in [5, 5.41) is 9.20. The lowest BCUT2D eigenvalue weighted by atomic mass is 10.1. The van der Waals surface area contributed by atoms with E-state index in [0.717, 1.165) is 12.0 Å². The Balaban J connectivity index is 4.50. The second-order valence-electron chi connectivity index (χ2n) is 3.47. The van der Waals surface area contributed by atoms with Gasteiger partial charge in [-0.2, -0.15) is 0 Å². The van der Waals surface area contributed by atoms with Crippen LogP contribution in [0.3, 0.4) is 0 Å². The topological polar surface area (TPSA) is 29.5 Å². The normalized spacial score (nSPS) is 15.4. The highest BCUT2D eigenvalue weighted by atomic mass is 16.5. The van der Waals surface area contributed by atoms with Gasteiger partial charge in [0.05, 0.1) is 12.7 Å². The highest BCUT2D eigenvalue weighted by Gasteiger charge is 2.12. The third-order valence-corrected chi connectivity index (χ3v) is 1.77. The van der Waals surface area contributed by atoms with Crippen LogP contribution in [0.15, 0.2) is 23.8 Å². The van der Waals surface area contributed by atoms with Crippen molar-refractivity contribution < 1.29 is 9.84 Å². The van der Waals surface area contributed by atoms with Crippen molar-refractivity contribution in [2.45, 2.75) is 46.3 Å². The van der Waals surface area contributed by atoms with E-state index < -0.39 is 0 Å². The van der Waals surface area contributed by atoms with Crippen molar-refractivity contribution in [3.05, 3.63) is 23.8 Å². The Kier molecular flexibility index (Phi) is 7.44. The van der Waals surface area contributed by atoms with Gasteiger partial charge in [0.1, 0.15) is 6.10 Å². The minimum absolute atomic E-state index is 0.0361. The minimum atomic E-state index is -0.189. The van der Waals surface area contributed by atoms with Gasteiger partial charge in [-0.15, -0.1) is 0 Å². The van der Waals surface area contributed by atoms with E-state index in [4.69, 9.17) is 4.74 Å². The molecule has 14 heavy (non-hydrogen) atoms. The zero-order valence-electron chi connectivity index (χ0n) is 9.66. The summed E-state index contributed by atoms with van der Waals surface area (Å²) in [4.78, 5) is 0. The lowest BCUT2D eigenvalue weighted by Crippen LogP contribution is -2.23. The molecule has 0 amide bonds. The number of hydrogen-bond donors (Lipinski definition) is 1. The fourth-order valence-corrected chi connectivity index (χ4v) is 1.29. The molecule has 1 unspecified atom stereocenters. The summed E-state index contributed by atoms with van der Waals surface area (Å²) in [7, 11) is 0. The van der Waals surface area contributed by atoms with Crippen LogP contribution >= 0.6 is 0 Å². The summed E-state index contributed by atoms with van der Waals surface area (Å²) in [5.41, 5.74) is 1.06. The first-order valence-corrected chi connectivity index (χ1v) is 5.24. The molecule has 2 heteroatoms. The van der Waals surface area contributed by atoms with E-state index in [1.165, 1.54) is 0 Å². The number of allylic oxidation sites excluding steroid dienone is 2. The van der Waals surface area contributed by atoms with Gasteiger partial charge in [0.2, 0.25) is 0 Å². The van der Waals surface area contributed by atoms with E-state index in [-0.39, 0.29) is 18.8 Å². The summed E-state index contributed by atoms with van der Waals surface area (Å²) in [6, 6.07) is 0. The molecule has 0 rings (SSSR count). The second kappa shape index (κ2) is 7.77. The molecule has 1 N–H and O–H groups in total. The van der Waals surface area contributed by atoms with Crippen LogP contribution in [0.1, 0.15) is 34.1 Å². The molecular formula is C12H22O2. The smallest absolute Gasteiger partial charge is 0.106 e. The SMILES string of the molecule is C/C=C\C(=C/CC)C(CO)OC(C)C. The average molecular weight is 198 g/mol. The van der Waals surface area contributed by atoms with E-state index in [9.17, 15) is 5.11 Å². The van der Waals surface area contributed by atoms with Gasteiger partial charge in [0.25, 0.3) is 0 Å². The van der Waals surface area contributed by atoms with E-state index in [2.05, 4.69) is 13.0 Å². The zero-order chi connectivity index (χ0) is 11.0. The molecule has 0 aromatic heterocycles. The van der Waals surface area contributed by atoms with Crippen LogP contribution < -0.4 is 0 Å². The van der Waals surface area contributed by atoms with Gasteiger partial charge < -0.3 is 9.84 Å². The molecule has 0 aliphatic heterocycles. The molecule has 0 fully saturated rings. The van der Waals surface area contributed by atoms with Gasteiger partial charge >= 0.3 is 0 Å². The first-order chi connectivity index (χ1) is 6.65. The molecule has 0 aromatic carbocycles. The summed E-state index contributed by atoms with van der Waals surface area (Å²) in [5.74, 6) is 0. The van der Waals surface area contributed by atoms with Crippen LogP contribution in [-0.4, -0.2) is 23.9 Å². The molecule has 0 saturated carbocycles. The molecule has 0 aromatic rings. The molecule has 2 nitrogen and oxygen atoms in total. The molecule has 0 heterocycles. The zero-order valence-corrected chi connectivity index (χ0v) is 9.66. The van der Waals surface area contributed by atoms with E-state index in [1.54, 1.807) is 0 Å². The van der Waals surface area contributed by atoms with Crippen molar-refractivity contribution in [2.75, 3.05) is 6.61 Å². The highest BCUT2D eigenvalue weighted by Crippen LogP contribution is 2.11. The van der Waals surface area contributed by atoms with Crippen LogP contribution in [-0.2, 0) is 4.74 Å². The molecule has 82 valence electrons. The molecule has 0 spiro atoms. The Labute approximate surface area is 87.3 Å². The molecule has 0 aliphatic carbocycles. The number of ether oxygens (including phenoxy) is 1. The molecule has 1 atom stereocenters. The highest BCUT2D eigenvalue weighted by molar-refractivity contribution is 5.22. The third-order valence-electron chi connectivity index (χ3n) is 1.77. The Morgan fingerprint density at radius 3 is 2.43 bits per heavy atom. The largest absolute Gasteiger partial charge is 0.393 e. The first kappa shape index (κ1) is 13.4. The molecule has 0 saturated heterocycles. The molecule has 0 aliphatic rings. The monoisotopic (exact) mass is 198 g/mol. The van der Waals surface area contributed by atoms with E-state index in [0.29, 0.717) is 0 Å². The van der Waals surface area contributed by atoms with Crippen LogP contribution in [0.25, 0.3) is 0 Å². The summed E-state index contributed by atoms with van der Waals surface area (Å²) in [6.07, 6.45) is 6.95. The predicted octanol–water partition coefficient (Wildman–Crippen LogP) is 2.68. The van der Waals surface area contributed by atoms with Crippen molar-refractivity contribution in [3.63, 3.8) is 0 Å². The Hall–Kier alpha value is -0.600. The van der Waals surface area contributed by atoms with E-state index >= 15 is 0 Å². The quantitative estimate of drug-likeness (QED) is 0.665. The lowest BCUT2D eigenvalue weighted by Gasteiger charge is -2.19. The predicted molar refractivity (Wildman–Crippen MR) is 60.3 cm³/mol. The first-order valence-electron chi connectivity index (χ1n) is 5.24. The van der Waals surface area contributed by atoms with Crippen molar-refractivity contribution in [2.24, 2.45) is 0 Å². The van der Waals surface area contributed by atoms with Crippen LogP contribution in [0.5, 0.6) is 0 Å². The minimum Gasteiger partial charge on any atom is -0.393 e. The second-order valence-corrected chi connectivity index (χ2v) is 3.47. The maximum Gasteiger partial charge on any atom is 0.106 e. The van der Waals surface area contributed by atoms with Crippen molar-refractivity contribution >= 4 is 0 Å². The van der Waals surface area contributed by atoms with Gasteiger partial charge in [-0.3, -0.25) is 0 Å². The third kappa shape index (κ3) is 5.20. The van der Waals surface area contributed by atoms with Gasteiger partial charge in [0, 0.05) is 0 Å². The Morgan fingerprint density at radius 2 is 2.07 bits per heavy atom. The lowest BCUT2D eigenvalue weighted by molar-refractivity contribution is -0.000606. The molecule has 0 radical (unpaired) electrons. The van der Waals surface area contributed by atoms with Gasteiger partial charge in [-0.05, 0) is 32.8 Å². The summed E-state index contributed by atoms with van der Waals surface area (Å²) >= 11 is 0. The maximum atomic E-state index is 9.20. The maximum absolute atomic E-state index is 9.20. The van der Waals surface area contributed by atoms with E-state index in [1.807, 2.05) is 32.9 Å². The van der Waals surface area contributed by atoms with Crippen LogP contribution in [0, 0.1) is 0 Å². The molecular weight excluding hydrogens is 176 g/mol. The summed E-state index contributed by atoms with van der Waals surface area (Å²) < 4.78 is 5.60. The van der Waals surface area contributed by atoms with Crippen molar-refractivity contribution in [1.29, 1.82) is 0 Å². The summed E-state index contributed by atoms with van der Waals surface area (Å²) in [6.45, 7) is 8.03. The van der Waals surface area contributed by atoms with Crippen molar-refractivity contribution in [3.8, 4) is 0 Å². The number of aliphatic hydroxyl groups excluding tert-OH is 1. The fraction of sp³-hybridized carbons (Fsp3) is 0.667. The van der Waals surface area contributed by atoms with Crippen molar-refractivity contribution in [1.82, 2.24) is 0 Å². The molecule has 0 bridgehead atoms. The number of rotatable bonds is 6.